The first kappa shape index (κ1) is 9.27. The Hall–Kier alpha value is -1.29. The summed E-state index contributed by atoms with van der Waals surface area (Å²) in [7, 11) is 0. The van der Waals surface area contributed by atoms with Crippen LogP contribution in [0.3, 0.4) is 0 Å². The molecule has 0 saturated carbocycles. The van der Waals surface area contributed by atoms with Crippen LogP contribution in [-0.2, 0) is 6.42 Å². The summed E-state index contributed by atoms with van der Waals surface area (Å²) in [5.41, 5.74) is 6.54. The average molecular weight is 209 g/mol. The Labute approximate surface area is 87.8 Å². The normalized spacial score (nSPS) is 13.1. The maximum atomic E-state index is 5.45. The molecule has 0 saturated heterocycles. The molecule has 2 rings (SSSR count). The zero-order valence-electron chi connectivity index (χ0n) is 7.66. The van der Waals surface area contributed by atoms with Gasteiger partial charge in [0.1, 0.15) is 11.6 Å². The minimum atomic E-state index is 0.259. The van der Waals surface area contributed by atoms with Gasteiger partial charge in [0, 0.05) is 12.0 Å². The van der Waals surface area contributed by atoms with Crippen molar-refractivity contribution in [2.75, 3.05) is 13.2 Å². The van der Waals surface area contributed by atoms with Crippen molar-refractivity contribution in [3.63, 3.8) is 0 Å². The van der Waals surface area contributed by atoms with Gasteiger partial charge in [-0.2, -0.15) is 0 Å². The summed E-state index contributed by atoms with van der Waals surface area (Å²) in [5.74, 6) is 1.57. The minimum absolute atomic E-state index is 0.259. The number of benzene rings is 1. The van der Waals surface area contributed by atoms with Crippen LogP contribution >= 0.6 is 12.2 Å². The molecule has 74 valence electrons. The number of fused-ring (bicyclic) bond motifs is 1. The Morgan fingerprint density at radius 1 is 1.57 bits per heavy atom. The lowest BCUT2D eigenvalue weighted by Crippen LogP contribution is -2.18. The van der Waals surface area contributed by atoms with Crippen molar-refractivity contribution in [3.8, 4) is 11.5 Å². The summed E-state index contributed by atoms with van der Waals surface area (Å²) in [6, 6.07) is 5.85. The third-order valence-corrected chi connectivity index (χ3v) is 2.17. The molecule has 4 heteroatoms. The van der Waals surface area contributed by atoms with E-state index >= 15 is 0 Å². The van der Waals surface area contributed by atoms with Gasteiger partial charge in [0.2, 0.25) is 0 Å². The van der Waals surface area contributed by atoms with Gasteiger partial charge >= 0.3 is 0 Å². The Bertz CT molecular complexity index is 365. The fraction of sp³-hybridized carbons (Fsp3) is 0.300. The van der Waals surface area contributed by atoms with E-state index in [2.05, 4.69) is 0 Å². The molecular weight excluding hydrogens is 198 g/mol. The topological polar surface area (TPSA) is 44.5 Å². The van der Waals surface area contributed by atoms with E-state index in [4.69, 9.17) is 27.4 Å². The lowest BCUT2D eigenvalue weighted by molar-refractivity contribution is 0.315. The van der Waals surface area contributed by atoms with Crippen molar-refractivity contribution >= 4 is 17.2 Å². The van der Waals surface area contributed by atoms with Gasteiger partial charge in [-0.05, 0) is 6.07 Å². The molecule has 3 nitrogen and oxygen atoms in total. The lowest BCUT2D eigenvalue weighted by Gasteiger charge is -2.08. The first-order chi connectivity index (χ1) is 6.77. The third kappa shape index (κ3) is 1.80. The summed E-state index contributed by atoms with van der Waals surface area (Å²) in [6.45, 7) is 0.984. The van der Waals surface area contributed by atoms with Crippen LogP contribution < -0.4 is 15.2 Å². The molecule has 1 aliphatic heterocycles. The van der Waals surface area contributed by atoms with Crippen LogP contribution in [0, 0.1) is 0 Å². The smallest absolute Gasteiger partial charge is 0.164 e. The SMILES string of the molecule is NC(=S)COc1cccc2c1OCC2. The number of hydrogen-bond acceptors (Lipinski definition) is 3. The molecule has 0 unspecified atom stereocenters. The highest BCUT2D eigenvalue weighted by atomic mass is 32.1. The van der Waals surface area contributed by atoms with Crippen LogP contribution in [0.15, 0.2) is 18.2 Å². The fourth-order valence-electron chi connectivity index (χ4n) is 1.45. The first-order valence-electron chi connectivity index (χ1n) is 4.43. The first-order valence-corrected chi connectivity index (χ1v) is 4.84. The molecule has 0 bridgehead atoms. The van der Waals surface area contributed by atoms with Gasteiger partial charge < -0.3 is 15.2 Å². The van der Waals surface area contributed by atoms with E-state index in [1.54, 1.807) is 0 Å². The van der Waals surface area contributed by atoms with E-state index in [1.165, 1.54) is 5.56 Å². The van der Waals surface area contributed by atoms with Crippen molar-refractivity contribution in [2.24, 2.45) is 5.73 Å². The quantitative estimate of drug-likeness (QED) is 0.762. The van der Waals surface area contributed by atoms with Gasteiger partial charge in [0.05, 0.1) is 6.61 Å². The lowest BCUT2D eigenvalue weighted by atomic mass is 10.1. The largest absolute Gasteiger partial charge is 0.489 e. The molecule has 14 heavy (non-hydrogen) atoms. The van der Waals surface area contributed by atoms with Crippen LogP contribution in [0.1, 0.15) is 5.56 Å². The number of hydrogen-bond donors (Lipinski definition) is 1. The maximum Gasteiger partial charge on any atom is 0.164 e. The molecular formula is C10H11NO2S. The summed E-state index contributed by atoms with van der Waals surface area (Å²) in [5, 5.41) is 0. The van der Waals surface area contributed by atoms with Crippen LogP contribution in [0.2, 0.25) is 0 Å². The van der Waals surface area contributed by atoms with Crippen molar-refractivity contribution in [1.29, 1.82) is 0 Å². The molecule has 0 atom stereocenters. The van der Waals surface area contributed by atoms with Gasteiger partial charge in [0.25, 0.3) is 0 Å². The van der Waals surface area contributed by atoms with E-state index in [9.17, 15) is 0 Å². The standard InChI is InChI=1S/C10H11NO2S/c11-9(14)6-13-8-3-1-2-7-4-5-12-10(7)8/h1-3H,4-6H2,(H2,11,14). The minimum Gasteiger partial charge on any atom is -0.489 e. The fourth-order valence-corrected chi connectivity index (χ4v) is 1.51. The molecule has 1 aliphatic rings. The second-order valence-electron chi connectivity index (χ2n) is 3.10. The van der Waals surface area contributed by atoms with Crippen molar-refractivity contribution in [2.45, 2.75) is 6.42 Å². The van der Waals surface area contributed by atoms with Crippen LogP contribution in [-0.4, -0.2) is 18.2 Å². The second kappa shape index (κ2) is 3.84. The molecule has 0 radical (unpaired) electrons. The average Bonchev–Trinajstić information content (AvgIpc) is 2.62. The Morgan fingerprint density at radius 3 is 3.21 bits per heavy atom. The van der Waals surface area contributed by atoms with E-state index in [0.717, 1.165) is 24.5 Å². The highest BCUT2D eigenvalue weighted by Crippen LogP contribution is 2.35. The van der Waals surface area contributed by atoms with Crippen LogP contribution in [0.25, 0.3) is 0 Å². The van der Waals surface area contributed by atoms with E-state index in [-0.39, 0.29) is 6.61 Å². The molecule has 1 aromatic carbocycles. The van der Waals surface area contributed by atoms with Crippen molar-refractivity contribution in [1.82, 2.24) is 0 Å². The summed E-state index contributed by atoms with van der Waals surface area (Å²) in [4.78, 5) is 0.348. The third-order valence-electron chi connectivity index (χ3n) is 2.05. The Morgan fingerprint density at radius 2 is 2.43 bits per heavy atom. The second-order valence-corrected chi connectivity index (χ2v) is 3.62. The number of nitrogens with two attached hydrogens (primary N) is 1. The monoisotopic (exact) mass is 209 g/mol. The maximum absolute atomic E-state index is 5.45. The number of ether oxygens (including phenoxy) is 2. The predicted octanol–water partition coefficient (Wildman–Crippen LogP) is 1.29. The van der Waals surface area contributed by atoms with Gasteiger partial charge in [0.15, 0.2) is 11.5 Å². The van der Waals surface area contributed by atoms with E-state index in [0.29, 0.717) is 4.99 Å². The summed E-state index contributed by atoms with van der Waals surface area (Å²) >= 11 is 4.73. The van der Waals surface area contributed by atoms with Crippen molar-refractivity contribution < 1.29 is 9.47 Å². The van der Waals surface area contributed by atoms with Gasteiger partial charge in [-0.15, -0.1) is 0 Å². The number of rotatable bonds is 3. The molecule has 0 aromatic heterocycles. The molecule has 0 spiro atoms. The van der Waals surface area contributed by atoms with Crippen LogP contribution in [0.4, 0.5) is 0 Å². The summed E-state index contributed by atoms with van der Waals surface area (Å²) in [6.07, 6.45) is 0.944. The number of thiocarbonyl (C=S) groups is 1. The molecule has 1 aromatic rings. The molecule has 1 heterocycles. The Balaban J connectivity index is 2.17. The van der Waals surface area contributed by atoms with Crippen LogP contribution in [0.5, 0.6) is 11.5 Å². The highest BCUT2D eigenvalue weighted by Gasteiger charge is 2.16. The zero-order valence-corrected chi connectivity index (χ0v) is 8.47. The van der Waals surface area contributed by atoms with Gasteiger partial charge in [-0.3, -0.25) is 0 Å². The molecule has 2 N–H and O–H groups in total. The molecule has 0 fully saturated rings. The van der Waals surface area contributed by atoms with Gasteiger partial charge in [-0.1, -0.05) is 24.4 Å². The predicted molar refractivity (Wildman–Crippen MR) is 57.9 cm³/mol. The van der Waals surface area contributed by atoms with E-state index < -0.39 is 0 Å². The zero-order chi connectivity index (χ0) is 9.97. The molecule has 0 aliphatic carbocycles. The van der Waals surface area contributed by atoms with Gasteiger partial charge in [-0.25, -0.2) is 0 Å². The van der Waals surface area contributed by atoms with E-state index in [1.807, 2.05) is 18.2 Å². The highest BCUT2D eigenvalue weighted by molar-refractivity contribution is 7.80. The Kier molecular flexibility index (Phi) is 2.54. The molecule has 0 amide bonds. The number of para-hydroxylation sites is 1. The summed E-state index contributed by atoms with van der Waals surface area (Å²) < 4.78 is 10.9. The van der Waals surface area contributed by atoms with Crippen molar-refractivity contribution in [3.05, 3.63) is 23.8 Å².